The molecule has 3 heteroatoms. The summed E-state index contributed by atoms with van der Waals surface area (Å²) in [6.07, 6.45) is 1.59. The van der Waals surface area contributed by atoms with Crippen LogP contribution in [0.5, 0.6) is 0 Å². The topological polar surface area (TPSA) is 52.9 Å². The van der Waals surface area contributed by atoms with Crippen LogP contribution in [-0.4, -0.2) is 13.0 Å². The molecule has 76 valence electrons. The molecule has 0 radical (unpaired) electrons. The summed E-state index contributed by atoms with van der Waals surface area (Å²) in [5, 5.41) is 11.2. The number of hydrogen-bond donors (Lipinski definition) is 1. The summed E-state index contributed by atoms with van der Waals surface area (Å²) >= 11 is 0. The Balaban J connectivity index is 3.11. The van der Waals surface area contributed by atoms with Crippen LogP contribution in [0.4, 0.5) is 0 Å². The summed E-state index contributed by atoms with van der Waals surface area (Å²) in [7, 11) is 1.51. The Bertz CT molecular complexity index is 441. The molecule has 3 nitrogen and oxygen atoms in total. The number of hydrogen-bond acceptors (Lipinski definition) is 2. The number of nitrogens with zero attached hydrogens (tertiary/aromatic N) is 1. The molecule has 0 aliphatic rings. The van der Waals surface area contributed by atoms with Crippen LogP contribution < -0.4 is 5.32 Å². The van der Waals surface area contributed by atoms with Crippen LogP contribution in [0.3, 0.4) is 0 Å². The molecule has 0 aliphatic heterocycles. The van der Waals surface area contributed by atoms with Crippen LogP contribution in [0.2, 0.25) is 0 Å². The molecule has 1 N–H and O–H groups in total. The molecule has 0 unspecified atom stereocenters. The van der Waals surface area contributed by atoms with E-state index < -0.39 is 0 Å². The summed E-state index contributed by atoms with van der Waals surface area (Å²) < 4.78 is 0. The van der Waals surface area contributed by atoms with Gasteiger partial charge in [-0.15, -0.1) is 0 Å². The van der Waals surface area contributed by atoms with Crippen LogP contribution in [0.25, 0.3) is 6.08 Å². The quantitative estimate of drug-likeness (QED) is 0.583. The molecule has 15 heavy (non-hydrogen) atoms. The number of benzene rings is 1. The number of likely N-dealkylation sites (N-methyl/N-ethyl adjacent to an activating group) is 1. The number of nitrogens with one attached hydrogen (secondary N) is 1. The Labute approximate surface area is 89.0 Å². The third kappa shape index (κ3) is 2.68. The van der Waals surface area contributed by atoms with E-state index in [4.69, 9.17) is 5.26 Å². The van der Waals surface area contributed by atoms with Crippen molar-refractivity contribution in [3.63, 3.8) is 0 Å². The molecule has 0 bridgehead atoms. The SMILES string of the molecule is CNC(=O)/C(C#N)=C/c1ccccc1C. The van der Waals surface area contributed by atoms with Gasteiger partial charge in [-0.3, -0.25) is 4.79 Å². The minimum Gasteiger partial charge on any atom is -0.354 e. The third-order valence-electron chi connectivity index (χ3n) is 2.08. The number of carbonyl (C=O) groups is 1. The van der Waals surface area contributed by atoms with Crippen LogP contribution in [-0.2, 0) is 4.79 Å². The average molecular weight is 200 g/mol. The van der Waals surface area contributed by atoms with E-state index in [0.29, 0.717) is 0 Å². The maximum Gasteiger partial charge on any atom is 0.261 e. The lowest BCUT2D eigenvalue weighted by Gasteiger charge is -2.00. The van der Waals surface area contributed by atoms with Gasteiger partial charge in [0.2, 0.25) is 0 Å². The van der Waals surface area contributed by atoms with E-state index in [1.165, 1.54) is 7.05 Å². The fourth-order valence-electron chi connectivity index (χ4n) is 1.19. The molecule has 1 aromatic rings. The van der Waals surface area contributed by atoms with Gasteiger partial charge in [0.25, 0.3) is 5.91 Å². The highest BCUT2D eigenvalue weighted by atomic mass is 16.1. The molecule has 0 atom stereocenters. The Hall–Kier alpha value is -2.08. The zero-order valence-electron chi connectivity index (χ0n) is 8.74. The molecular formula is C12H12N2O. The van der Waals surface area contributed by atoms with Gasteiger partial charge in [0.05, 0.1) is 0 Å². The number of rotatable bonds is 2. The van der Waals surface area contributed by atoms with E-state index in [0.717, 1.165) is 11.1 Å². The van der Waals surface area contributed by atoms with Crippen molar-refractivity contribution in [2.45, 2.75) is 6.92 Å². The van der Waals surface area contributed by atoms with Crippen LogP contribution in [0, 0.1) is 18.3 Å². The molecule has 0 heterocycles. The average Bonchev–Trinajstić information content (AvgIpc) is 2.27. The zero-order valence-corrected chi connectivity index (χ0v) is 8.74. The highest BCUT2D eigenvalue weighted by Gasteiger charge is 2.06. The van der Waals surface area contributed by atoms with E-state index in [2.05, 4.69) is 5.32 Å². The number of carbonyl (C=O) groups excluding carboxylic acids is 1. The molecule has 1 amide bonds. The predicted octanol–water partition coefficient (Wildman–Crippen LogP) is 1.65. The second-order valence-corrected chi connectivity index (χ2v) is 3.11. The monoisotopic (exact) mass is 200 g/mol. The lowest BCUT2D eigenvalue weighted by molar-refractivity contribution is -0.116. The Morgan fingerprint density at radius 2 is 2.13 bits per heavy atom. The van der Waals surface area contributed by atoms with E-state index in [9.17, 15) is 4.79 Å². The predicted molar refractivity (Wildman–Crippen MR) is 58.8 cm³/mol. The number of nitriles is 1. The minimum absolute atomic E-state index is 0.117. The summed E-state index contributed by atoms with van der Waals surface area (Å²) in [5.74, 6) is -0.360. The minimum atomic E-state index is -0.360. The molecule has 1 rings (SSSR count). The summed E-state index contributed by atoms with van der Waals surface area (Å²) in [6.45, 7) is 1.94. The molecule has 1 aromatic carbocycles. The lowest BCUT2D eigenvalue weighted by Crippen LogP contribution is -2.19. The van der Waals surface area contributed by atoms with Crippen molar-refractivity contribution < 1.29 is 4.79 Å². The Morgan fingerprint density at radius 3 is 2.67 bits per heavy atom. The van der Waals surface area contributed by atoms with Gasteiger partial charge in [0, 0.05) is 7.05 Å². The second kappa shape index (κ2) is 4.97. The first-order chi connectivity index (χ1) is 7.19. The van der Waals surface area contributed by atoms with Gasteiger partial charge in [0.15, 0.2) is 0 Å². The van der Waals surface area contributed by atoms with Crippen molar-refractivity contribution in [3.05, 3.63) is 41.0 Å². The normalized spacial score (nSPS) is 10.6. The molecule has 0 fully saturated rings. The second-order valence-electron chi connectivity index (χ2n) is 3.11. The van der Waals surface area contributed by atoms with Crippen molar-refractivity contribution in [1.29, 1.82) is 5.26 Å². The molecule has 0 saturated carbocycles. The van der Waals surface area contributed by atoms with Crippen molar-refractivity contribution >= 4 is 12.0 Å². The molecule has 0 aliphatic carbocycles. The van der Waals surface area contributed by atoms with Gasteiger partial charge in [-0.25, -0.2) is 0 Å². The van der Waals surface area contributed by atoms with E-state index in [1.54, 1.807) is 6.08 Å². The third-order valence-corrected chi connectivity index (χ3v) is 2.08. The summed E-state index contributed by atoms with van der Waals surface area (Å²) in [4.78, 5) is 11.3. The van der Waals surface area contributed by atoms with Gasteiger partial charge in [-0.1, -0.05) is 24.3 Å². The number of aryl methyl sites for hydroxylation is 1. The fourth-order valence-corrected chi connectivity index (χ4v) is 1.19. The van der Waals surface area contributed by atoms with Crippen molar-refractivity contribution in [2.24, 2.45) is 0 Å². The summed E-state index contributed by atoms with van der Waals surface area (Å²) in [5.41, 5.74) is 2.04. The standard InChI is InChI=1S/C12H12N2O/c1-9-5-3-4-6-10(9)7-11(8-13)12(15)14-2/h3-7H,1-2H3,(H,14,15)/b11-7+. The van der Waals surface area contributed by atoms with E-state index >= 15 is 0 Å². The van der Waals surface area contributed by atoms with Gasteiger partial charge in [-0.2, -0.15) is 5.26 Å². The molecule has 0 aromatic heterocycles. The van der Waals surface area contributed by atoms with Gasteiger partial charge >= 0.3 is 0 Å². The van der Waals surface area contributed by atoms with Crippen molar-refractivity contribution in [1.82, 2.24) is 5.32 Å². The molecule has 0 spiro atoms. The first-order valence-electron chi connectivity index (χ1n) is 4.58. The fraction of sp³-hybridized carbons (Fsp3) is 0.167. The first kappa shape index (κ1) is 11.0. The van der Waals surface area contributed by atoms with Gasteiger partial charge < -0.3 is 5.32 Å². The highest BCUT2D eigenvalue weighted by molar-refractivity contribution is 6.01. The maximum atomic E-state index is 11.3. The largest absolute Gasteiger partial charge is 0.354 e. The molecule has 0 saturated heterocycles. The highest BCUT2D eigenvalue weighted by Crippen LogP contribution is 2.11. The smallest absolute Gasteiger partial charge is 0.261 e. The van der Waals surface area contributed by atoms with Crippen LogP contribution in [0.15, 0.2) is 29.8 Å². The van der Waals surface area contributed by atoms with E-state index in [-0.39, 0.29) is 11.5 Å². The van der Waals surface area contributed by atoms with E-state index in [1.807, 2.05) is 37.3 Å². The first-order valence-corrected chi connectivity index (χ1v) is 4.58. The van der Waals surface area contributed by atoms with Crippen molar-refractivity contribution in [2.75, 3.05) is 7.05 Å². The van der Waals surface area contributed by atoms with Crippen LogP contribution >= 0.6 is 0 Å². The Morgan fingerprint density at radius 1 is 1.47 bits per heavy atom. The van der Waals surface area contributed by atoms with Gasteiger partial charge in [-0.05, 0) is 24.1 Å². The van der Waals surface area contributed by atoms with Gasteiger partial charge in [0.1, 0.15) is 11.6 Å². The van der Waals surface area contributed by atoms with Crippen LogP contribution in [0.1, 0.15) is 11.1 Å². The lowest BCUT2D eigenvalue weighted by atomic mass is 10.1. The molecular weight excluding hydrogens is 188 g/mol. The summed E-state index contributed by atoms with van der Waals surface area (Å²) in [6, 6.07) is 9.47. The maximum absolute atomic E-state index is 11.3. The van der Waals surface area contributed by atoms with Crippen molar-refractivity contribution in [3.8, 4) is 6.07 Å². The number of amides is 1. The Kier molecular flexibility index (Phi) is 3.64. The zero-order chi connectivity index (χ0) is 11.3.